The fourth-order valence-electron chi connectivity index (χ4n) is 2.94. The van der Waals surface area contributed by atoms with E-state index in [0.29, 0.717) is 5.56 Å². The van der Waals surface area contributed by atoms with Gasteiger partial charge in [-0.15, -0.1) is 0 Å². The molecule has 1 aliphatic heterocycles. The van der Waals surface area contributed by atoms with Crippen molar-refractivity contribution >= 4 is 11.5 Å². The van der Waals surface area contributed by atoms with E-state index in [4.69, 9.17) is 0 Å². The molecule has 1 aliphatic rings. The summed E-state index contributed by atoms with van der Waals surface area (Å²) < 4.78 is 13.3. The van der Waals surface area contributed by atoms with Crippen LogP contribution >= 0.6 is 0 Å². The molecule has 0 bridgehead atoms. The van der Waals surface area contributed by atoms with Gasteiger partial charge in [-0.1, -0.05) is 19.8 Å². The van der Waals surface area contributed by atoms with E-state index in [9.17, 15) is 9.18 Å². The van der Waals surface area contributed by atoms with Gasteiger partial charge >= 0.3 is 0 Å². The fraction of sp³-hybridized carbons (Fsp3) is 0.562. The lowest BCUT2D eigenvalue weighted by Gasteiger charge is -2.34. The van der Waals surface area contributed by atoms with Crippen LogP contribution in [-0.4, -0.2) is 18.9 Å². The molecule has 2 rings (SSSR count). The van der Waals surface area contributed by atoms with Crippen LogP contribution in [0.25, 0.3) is 0 Å². The molecule has 0 radical (unpaired) electrons. The average molecular weight is 263 g/mol. The summed E-state index contributed by atoms with van der Waals surface area (Å²) in [5.74, 6) is 0.405. The highest BCUT2D eigenvalue weighted by atomic mass is 19.1. The Labute approximate surface area is 114 Å². The van der Waals surface area contributed by atoms with Crippen LogP contribution in [-0.2, 0) is 0 Å². The number of benzene rings is 1. The van der Waals surface area contributed by atoms with Crippen LogP contribution in [0.5, 0.6) is 0 Å². The van der Waals surface area contributed by atoms with Gasteiger partial charge < -0.3 is 4.90 Å². The lowest BCUT2D eigenvalue weighted by Crippen LogP contribution is -2.34. The van der Waals surface area contributed by atoms with E-state index >= 15 is 0 Å². The van der Waals surface area contributed by atoms with Crippen LogP contribution < -0.4 is 4.90 Å². The smallest absolute Gasteiger partial charge is 0.161 e. The Morgan fingerprint density at radius 3 is 2.63 bits per heavy atom. The maximum absolute atomic E-state index is 13.3. The fourth-order valence-corrected chi connectivity index (χ4v) is 2.94. The molecule has 104 valence electrons. The van der Waals surface area contributed by atoms with Crippen molar-refractivity contribution in [2.24, 2.45) is 5.92 Å². The number of hydrogen-bond acceptors (Lipinski definition) is 2. The van der Waals surface area contributed by atoms with Gasteiger partial charge in [-0.05, 0) is 43.9 Å². The Balaban J connectivity index is 2.13. The van der Waals surface area contributed by atoms with Crippen molar-refractivity contribution in [1.29, 1.82) is 0 Å². The highest BCUT2D eigenvalue weighted by Gasteiger charge is 2.21. The van der Waals surface area contributed by atoms with Crippen molar-refractivity contribution in [3.63, 3.8) is 0 Å². The van der Waals surface area contributed by atoms with E-state index in [2.05, 4.69) is 11.8 Å². The summed E-state index contributed by atoms with van der Waals surface area (Å²) in [7, 11) is 0. The van der Waals surface area contributed by atoms with Crippen LogP contribution in [0, 0.1) is 11.7 Å². The lowest BCUT2D eigenvalue weighted by molar-refractivity contribution is 0.101. The zero-order chi connectivity index (χ0) is 13.8. The SMILES string of the molecule is CCCC1CCN(c2ccc(F)cc2C(C)=O)CC1. The first kappa shape index (κ1) is 14.0. The molecule has 1 aromatic carbocycles. The van der Waals surface area contributed by atoms with E-state index < -0.39 is 0 Å². The summed E-state index contributed by atoms with van der Waals surface area (Å²) in [5, 5.41) is 0. The van der Waals surface area contributed by atoms with Gasteiger partial charge in [0.25, 0.3) is 0 Å². The summed E-state index contributed by atoms with van der Waals surface area (Å²) in [6.45, 7) is 5.66. The van der Waals surface area contributed by atoms with Crippen LogP contribution in [0.1, 0.15) is 49.9 Å². The largest absolute Gasteiger partial charge is 0.371 e. The molecule has 0 amide bonds. The normalized spacial score (nSPS) is 16.7. The van der Waals surface area contributed by atoms with Crippen LogP contribution in [0.2, 0.25) is 0 Å². The summed E-state index contributed by atoms with van der Waals surface area (Å²) in [5.41, 5.74) is 1.40. The molecular weight excluding hydrogens is 241 g/mol. The van der Waals surface area contributed by atoms with Gasteiger partial charge in [0.1, 0.15) is 5.82 Å². The number of hydrogen-bond donors (Lipinski definition) is 0. The second-order valence-corrected chi connectivity index (χ2v) is 5.44. The van der Waals surface area contributed by atoms with Gasteiger partial charge in [0.2, 0.25) is 0 Å². The van der Waals surface area contributed by atoms with E-state index in [0.717, 1.165) is 24.7 Å². The van der Waals surface area contributed by atoms with Gasteiger partial charge in [0.05, 0.1) is 0 Å². The minimum atomic E-state index is -0.338. The van der Waals surface area contributed by atoms with Crippen molar-refractivity contribution in [2.45, 2.75) is 39.5 Å². The number of Topliss-reactive ketones (excluding diaryl/α,β-unsaturated/α-hetero) is 1. The molecule has 1 heterocycles. The number of nitrogens with zero attached hydrogens (tertiary/aromatic N) is 1. The topological polar surface area (TPSA) is 20.3 Å². The van der Waals surface area contributed by atoms with Crippen molar-refractivity contribution < 1.29 is 9.18 Å². The van der Waals surface area contributed by atoms with E-state index in [-0.39, 0.29) is 11.6 Å². The number of piperidine rings is 1. The Hall–Kier alpha value is -1.38. The molecule has 0 unspecified atom stereocenters. The van der Waals surface area contributed by atoms with Crippen LogP contribution in [0.3, 0.4) is 0 Å². The summed E-state index contributed by atoms with van der Waals surface area (Å²) in [6, 6.07) is 4.54. The molecule has 0 N–H and O–H groups in total. The lowest BCUT2D eigenvalue weighted by atomic mass is 9.92. The van der Waals surface area contributed by atoms with E-state index in [1.807, 2.05) is 0 Å². The Kier molecular flexibility index (Phi) is 4.56. The van der Waals surface area contributed by atoms with E-state index in [1.165, 1.54) is 44.7 Å². The number of halogens is 1. The maximum atomic E-state index is 13.3. The molecule has 1 saturated heterocycles. The second-order valence-electron chi connectivity index (χ2n) is 5.44. The summed E-state index contributed by atoms with van der Waals surface area (Å²) in [6.07, 6.45) is 4.86. The maximum Gasteiger partial charge on any atom is 0.161 e. The minimum Gasteiger partial charge on any atom is -0.371 e. The number of ketones is 1. The Morgan fingerprint density at radius 2 is 2.05 bits per heavy atom. The minimum absolute atomic E-state index is 0.0646. The number of rotatable bonds is 4. The van der Waals surface area contributed by atoms with Gasteiger partial charge in [0.15, 0.2) is 5.78 Å². The predicted octanol–water partition coefficient (Wildman–Crippen LogP) is 4.04. The third-order valence-electron chi connectivity index (χ3n) is 3.99. The zero-order valence-electron chi connectivity index (χ0n) is 11.8. The van der Waals surface area contributed by atoms with E-state index in [1.54, 1.807) is 6.07 Å². The van der Waals surface area contributed by atoms with Gasteiger partial charge in [0, 0.05) is 24.3 Å². The predicted molar refractivity (Wildman–Crippen MR) is 76.2 cm³/mol. The quantitative estimate of drug-likeness (QED) is 0.764. The standard InChI is InChI=1S/C16H22FNO/c1-3-4-13-7-9-18(10-8-13)16-6-5-14(17)11-15(16)12(2)19/h5-6,11,13H,3-4,7-10H2,1-2H3. The molecule has 1 aromatic rings. The molecule has 1 fully saturated rings. The second kappa shape index (κ2) is 6.18. The van der Waals surface area contributed by atoms with Crippen LogP contribution in [0.4, 0.5) is 10.1 Å². The van der Waals surface area contributed by atoms with Crippen molar-refractivity contribution in [3.8, 4) is 0 Å². The molecule has 19 heavy (non-hydrogen) atoms. The van der Waals surface area contributed by atoms with Crippen LogP contribution in [0.15, 0.2) is 18.2 Å². The first-order valence-corrected chi connectivity index (χ1v) is 7.17. The summed E-state index contributed by atoms with van der Waals surface area (Å²) >= 11 is 0. The highest BCUT2D eigenvalue weighted by Crippen LogP contribution is 2.29. The molecular formula is C16H22FNO. The first-order chi connectivity index (χ1) is 9.11. The molecule has 0 aromatic heterocycles. The zero-order valence-corrected chi connectivity index (χ0v) is 11.8. The first-order valence-electron chi connectivity index (χ1n) is 7.17. The molecule has 0 aliphatic carbocycles. The third kappa shape index (κ3) is 3.34. The average Bonchev–Trinajstić information content (AvgIpc) is 2.40. The number of carbonyl (C=O) groups is 1. The molecule has 3 heteroatoms. The highest BCUT2D eigenvalue weighted by molar-refractivity contribution is 5.99. The molecule has 0 saturated carbocycles. The Bertz CT molecular complexity index is 450. The molecule has 0 spiro atoms. The van der Waals surface area contributed by atoms with Crippen molar-refractivity contribution in [3.05, 3.63) is 29.6 Å². The number of carbonyl (C=O) groups excluding carboxylic acids is 1. The van der Waals surface area contributed by atoms with Gasteiger partial charge in [-0.3, -0.25) is 4.79 Å². The summed E-state index contributed by atoms with van der Waals surface area (Å²) in [4.78, 5) is 13.9. The van der Waals surface area contributed by atoms with Crippen molar-refractivity contribution in [1.82, 2.24) is 0 Å². The van der Waals surface area contributed by atoms with Gasteiger partial charge in [-0.2, -0.15) is 0 Å². The Morgan fingerprint density at radius 1 is 1.37 bits per heavy atom. The van der Waals surface area contributed by atoms with Crippen molar-refractivity contribution in [2.75, 3.05) is 18.0 Å². The third-order valence-corrected chi connectivity index (χ3v) is 3.99. The monoisotopic (exact) mass is 263 g/mol. The van der Waals surface area contributed by atoms with Gasteiger partial charge in [-0.25, -0.2) is 4.39 Å². The molecule has 2 nitrogen and oxygen atoms in total. The molecule has 0 atom stereocenters. The number of anilines is 1.